The molecule has 1 aromatic rings. The molecule has 1 aromatic heterocycles. The number of hydrogen-bond acceptors (Lipinski definition) is 5. The summed E-state index contributed by atoms with van der Waals surface area (Å²) in [4.78, 5) is 16.2. The fourth-order valence-electron chi connectivity index (χ4n) is 5.20. The van der Waals surface area contributed by atoms with Crippen LogP contribution in [0.5, 0.6) is 0 Å². The summed E-state index contributed by atoms with van der Waals surface area (Å²) in [6.45, 7) is 14.8. The largest absolute Gasteiger partial charge is 0.383 e. The zero-order valence-corrected chi connectivity index (χ0v) is 19.7. The molecule has 30 heavy (non-hydrogen) atoms. The minimum Gasteiger partial charge on any atom is -0.383 e. The second-order valence-electron chi connectivity index (χ2n) is 9.36. The molecule has 2 fully saturated rings. The summed E-state index contributed by atoms with van der Waals surface area (Å²) in [5.74, 6) is 1.97. The standard InChI is InChI=1S/C24H45N5O/c1-4-6-9-24-25-17-22(26-24)19-28(20-23-8-7-12-29(23)5-2)18-21-10-13-27(14-11-21)15-16-30-3/h17,21,23H,4-16,18-20H2,1-3H3,(H,25,26). The van der Waals surface area contributed by atoms with E-state index >= 15 is 0 Å². The normalized spacial score (nSPS) is 21.8. The Kier molecular flexibility index (Phi) is 10.1. The van der Waals surface area contributed by atoms with E-state index in [0.29, 0.717) is 0 Å². The van der Waals surface area contributed by atoms with Gasteiger partial charge in [-0.2, -0.15) is 0 Å². The van der Waals surface area contributed by atoms with E-state index in [1.165, 1.54) is 83.5 Å². The van der Waals surface area contributed by atoms with Gasteiger partial charge in [0, 0.05) is 57.6 Å². The number of rotatable bonds is 13. The number of unbranched alkanes of at least 4 members (excludes halogenated alkanes) is 1. The van der Waals surface area contributed by atoms with Gasteiger partial charge in [-0.3, -0.25) is 9.80 Å². The summed E-state index contributed by atoms with van der Waals surface area (Å²) in [5, 5.41) is 0. The summed E-state index contributed by atoms with van der Waals surface area (Å²) in [6, 6.07) is 0.722. The third-order valence-corrected chi connectivity index (χ3v) is 7.05. The molecule has 3 heterocycles. The lowest BCUT2D eigenvalue weighted by molar-refractivity contribution is 0.0961. The Balaban J connectivity index is 1.56. The van der Waals surface area contributed by atoms with Gasteiger partial charge >= 0.3 is 0 Å². The van der Waals surface area contributed by atoms with Crippen molar-refractivity contribution in [2.24, 2.45) is 5.92 Å². The van der Waals surface area contributed by atoms with Gasteiger partial charge in [0.25, 0.3) is 0 Å². The first-order valence-corrected chi connectivity index (χ1v) is 12.4. The molecule has 0 spiro atoms. The number of ether oxygens (including phenoxy) is 1. The van der Waals surface area contributed by atoms with Crippen molar-refractivity contribution < 1.29 is 4.74 Å². The van der Waals surface area contributed by atoms with Gasteiger partial charge in [0.2, 0.25) is 0 Å². The summed E-state index contributed by atoms with van der Waals surface area (Å²) in [5.41, 5.74) is 1.29. The lowest BCUT2D eigenvalue weighted by Crippen LogP contribution is -2.44. The summed E-state index contributed by atoms with van der Waals surface area (Å²) < 4.78 is 5.26. The molecule has 0 saturated carbocycles. The van der Waals surface area contributed by atoms with E-state index in [0.717, 1.165) is 43.9 Å². The number of nitrogens with one attached hydrogen (secondary N) is 1. The number of methoxy groups -OCH3 is 1. The molecular formula is C24H45N5O. The van der Waals surface area contributed by atoms with Gasteiger partial charge in [-0.25, -0.2) is 4.98 Å². The van der Waals surface area contributed by atoms with Crippen LogP contribution < -0.4 is 0 Å². The Morgan fingerprint density at radius 2 is 2.00 bits per heavy atom. The highest BCUT2D eigenvalue weighted by molar-refractivity contribution is 5.02. The summed E-state index contributed by atoms with van der Waals surface area (Å²) >= 11 is 0. The molecule has 2 aliphatic rings. The van der Waals surface area contributed by atoms with Crippen molar-refractivity contribution in [1.29, 1.82) is 0 Å². The monoisotopic (exact) mass is 419 g/mol. The zero-order chi connectivity index (χ0) is 21.2. The van der Waals surface area contributed by atoms with Gasteiger partial charge in [0.1, 0.15) is 5.82 Å². The third-order valence-electron chi connectivity index (χ3n) is 7.05. The van der Waals surface area contributed by atoms with Gasteiger partial charge in [-0.15, -0.1) is 0 Å². The first-order valence-electron chi connectivity index (χ1n) is 12.4. The fourth-order valence-corrected chi connectivity index (χ4v) is 5.20. The lowest BCUT2D eigenvalue weighted by atomic mass is 9.95. The van der Waals surface area contributed by atoms with Crippen LogP contribution in [0.4, 0.5) is 0 Å². The van der Waals surface area contributed by atoms with Gasteiger partial charge in [-0.05, 0) is 64.2 Å². The van der Waals surface area contributed by atoms with Crippen LogP contribution in [0.25, 0.3) is 0 Å². The molecule has 1 unspecified atom stereocenters. The second kappa shape index (κ2) is 12.8. The lowest BCUT2D eigenvalue weighted by Gasteiger charge is -2.36. The third kappa shape index (κ3) is 7.33. The molecule has 6 nitrogen and oxygen atoms in total. The number of imidazole rings is 1. The Labute approximate surface area is 184 Å². The number of hydrogen-bond donors (Lipinski definition) is 1. The molecule has 1 atom stereocenters. The van der Waals surface area contributed by atoms with Crippen molar-refractivity contribution >= 4 is 0 Å². The molecule has 0 radical (unpaired) electrons. The Morgan fingerprint density at radius 3 is 2.73 bits per heavy atom. The second-order valence-corrected chi connectivity index (χ2v) is 9.36. The Bertz CT molecular complexity index is 584. The van der Waals surface area contributed by atoms with E-state index < -0.39 is 0 Å². The summed E-state index contributed by atoms with van der Waals surface area (Å²) in [6.07, 6.45) is 10.9. The van der Waals surface area contributed by atoms with Crippen LogP contribution in [-0.4, -0.2) is 90.2 Å². The number of nitrogens with zero attached hydrogens (tertiary/aromatic N) is 4. The average molecular weight is 420 g/mol. The van der Waals surface area contributed by atoms with E-state index in [2.05, 4.69) is 44.7 Å². The minimum absolute atomic E-state index is 0.722. The number of likely N-dealkylation sites (N-methyl/N-ethyl adjacent to an activating group) is 1. The number of likely N-dealkylation sites (tertiary alicyclic amines) is 2. The van der Waals surface area contributed by atoms with Crippen LogP contribution >= 0.6 is 0 Å². The van der Waals surface area contributed by atoms with Gasteiger partial charge in [-0.1, -0.05) is 20.3 Å². The number of aryl methyl sites for hydroxylation is 1. The van der Waals surface area contributed by atoms with Crippen molar-refractivity contribution in [2.45, 2.75) is 71.4 Å². The highest BCUT2D eigenvalue weighted by Crippen LogP contribution is 2.23. The van der Waals surface area contributed by atoms with E-state index in [9.17, 15) is 0 Å². The van der Waals surface area contributed by atoms with Crippen molar-refractivity contribution in [3.8, 4) is 0 Å². The molecule has 6 heteroatoms. The van der Waals surface area contributed by atoms with E-state index in [1.807, 2.05) is 0 Å². The van der Waals surface area contributed by atoms with E-state index in [1.54, 1.807) is 7.11 Å². The molecule has 3 rings (SSSR count). The van der Waals surface area contributed by atoms with Gasteiger partial charge in [0.15, 0.2) is 0 Å². The highest BCUT2D eigenvalue weighted by atomic mass is 16.5. The maximum absolute atomic E-state index is 5.26. The SMILES string of the molecule is CCCCc1ncc(CN(CC2CCN(CCOC)CC2)CC2CCCN2CC)[nH]1. The maximum atomic E-state index is 5.26. The van der Waals surface area contributed by atoms with Crippen molar-refractivity contribution in [3.05, 3.63) is 17.7 Å². The topological polar surface area (TPSA) is 47.6 Å². The fraction of sp³-hybridized carbons (Fsp3) is 0.875. The number of aromatic amines is 1. The number of aromatic nitrogens is 2. The van der Waals surface area contributed by atoms with Crippen molar-refractivity contribution in [1.82, 2.24) is 24.7 Å². The Hall–Kier alpha value is -0.950. The van der Waals surface area contributed by atoms with Crippen LogP contribution in [0.2, 0.25) is 0 Å². The van der Waals surface area contributed by atoms with E-state index in [4.69, 9.17) is 4.74 Å². The smallest absolute Gasteiger partial charge is 0.106 e. The molecule has 0 bridgehead atoms. The van der Waals surface area contributed by atoms with Gasteiger partial charge < -0.3 is 14.6 Å². The van der Waals surface area contributed by atoms with Crippen LogP contribution in [0, 0.1) is 5.92 Å². The van der Waals surface area contributed by atoms with Crippen LogP contribution in [0.15, 0.2) is 6.20 Å². The molecule has 2 aliphatic heterocycles. The molecule has 0 aliphatic carbocycles. The maximum Gasteiger partial charge on any atom is 0.106 e. The molecule has 0 amide bonds. The minimum atomic E-state index is 0.722. The Morgan fingerprint density at radius 1 is 1.17 bits per heavy atom. The predicted molar refractivity (Wildman–Crippen MR) is 124 cm³/mol. The first kappa shape index (κ1) is 23.7. The quantitative estimate of drug-likeness (QED) is 0.531. The van der Waals surface area contributed by atoms with Crippen LogP contribution in [0.1, 0.15) is 63.9 Å². The number of H-pyrrole nitrogens is 1. The zero-order valence-electron chi connectivity index (χ0n) is 19.7. The van der Waals surface area contributed by atoms with Crippen LogP contribution in [-0.2, 0) is 17.7 Å². The summed E-state index contributed by atoms with van der Waals surface area (Å²) in [7, 11) is 1.80. The molecule has 1 N–H and O–H groups in total. The molecular weight excluding hydrogens is 374 g/mol. The molecule has 2 saturated heterocycles. The number of piperidine rings is 1. The molecule has 172 valence electrons. The van der Waals surface area contributed by atoms with E-state index in [-0.39, 0.29) is 0 Å². The van der Waals surface area contributed by atoms with Crippen molar-refractivity contribution in [3.63, 3.8) is 0 Å². The van der Waals surface area contributed by atoms with Crippen LogP contribution in [0.3, 0.4) is 0 Å². The first-order chi connectivity index (χ1) is 14.7. The predicted octanol–water partition coefficient (Wildman–Crippen LogP) is 3.40. The molecule has 0 aromatic carbocycles. The van der Waals surface area contributed by atoms with Crippen molar-refractivity contribution in [2.75, 3.05) is 59.5 Å². The van der Waals surface area contributed by atoms with Gasteiger partial charge in [0.05, 0.1) is 6.61 Å². The average Bonchev–Trinajstić information content (AvgIpc) is 3.40. The highest BCUT2D eigenvalue weighted by Gasteiger charge is 2.27.